The summed E-state index contributed by atoms with van der Waals surface area (Å²) in [5.41, 5.74) is 0.832. The molecule has 1 rings (SSSR count). The van der Waals surface area contributed by atoms with Crippen LogP contribution in [0.3, 0.4) is 0 Å². The fourth-order valence-corrected chi connectivity index (χ4v) is 2.10. The van der Waals surface area contributed by atoms with Crippen molar-refractivity contribution in [2.24, 2.45) is 0 Å². The van der Waals surface area contributed by atoms with Gasteiger partial charge in [-0.15, -0.1) is 0 Å². The molecule has 1 atom stereocenters. The van der Waals surface area contributed by atoms with Gasteiger partial charge in [0.25, 0.3) is 0 Å². The average molecular weight is 289 g/mol. The van der Waals surface area contributed by atoms with E-state index in [1.165, 1.54) is 0 Å². The van der Waals surface area contributed by atoms with Gasteiger partial charge in [0.2, 0.25) is 0 Å². The summed E-state index contributed by atoms with van der Waals surface area (Å²) in [6, 6.07) is 3.68. The van der Waals surface area contributed by atoms with Crippen molar-refractivity contribution in [1.29, 1.82) is 0 Å². The quantitative estimate of drug-likeness (QED) is 0.904. The molecule has 3 nitrogen and oxygen atoms in total. The molecule has 1 unspecified atom stereocenters. The van der Waals surface area contributed by atoms with Crippen LogP contribution < -0.4 is 9.47 Å². The SMILES string of the molecule is CCOc1cc(C(O)CC)cc(Br)c1OC. The van der Waals surface area contributed by atoms with Crippen LogP contribution in [0.4, 0.5) is 0 Å². The van der Waals surface area contributed by atoms with E-state index in [1.54, 1.807) is 7.11 Å². The second-order valence-electron chi connectivity index (χ2n) is 3.39. The molecule has 1 aromatic carbocycles. The third kappa shape index (κ3) is 2.89. The van der Waals surface area contributed by atoms with Gasteiger partial charge in [0, 0.05) is 0 Å². The lowest BCUT2D eigenvalue weighted by molar-refractivity contribution is 0.173. The van der Waals surface area contributed by atoms with Crippen molar-refractivity contribution in [1.82, 2.24) is 0 Å². The summed E-state index contributed by atoms with van der Waals surface area (Å²) >= 11 is 3.41. The van der Waals surface area contributed by atoms with Crippen molar-refractivity contribution in [2.75, 3.05) is 13.7 Å². The number of ether oxygens (including phenoxy) is 2. The van der Waals surface area contributed by atoms with Gasteiger partial charge in [0.05, 0.1) is 24.3 Å². The first-order valence-corrected chi connectivity index (χ1v) is 6.11. The van der Waals surface area contributed by atoms with Crippen molar-refractivity contribution >= 4 is 15.9 Å². The van der Waals surface area contributed by atoms with Gasteiger partial charge >= 0.3 is 0 Å². The van der Waals surface area contributed by atoms with Gasteiger partial charge in [-0.25, -0.2) is 0 Å². The van der Waals surface area contributed by atoms with Crippen molar-refractivity contribution in [2.45, 2.75) is 26.4 Å². The van der Waals surface area contributed by atoms with E-state index in [2.05, 4.69) is 15.9 Å². The van der Waals surface area contributed by atoms with E-state index >= 15 is 0 Å². The summed E-state index contributed by atoms with van der Waals surface area (Å²) in [6.07, 6.45) is 0.200. The summed E-state index contributed by atoms with van der Waals surface area (Å²) in [7, 11) is 1.60. The average Bonchev–Trinajstić information content (AvgIpc) is 2.28. The Hall–Kier alpha value is -0.740. The molecule has 1 aromatic rings. The molecule has 0 saturated heterocycles. The van der Waals surface area contributed by atoms with Crippen LogP contribution >= 0.6 is 15.9 Å². The van der Waals surface area contributed by atoms with Gasteiger partial charge < -0.3 is 14.6 Å². The zero-order valence-electron chi connectivity index (χ0n) is 9.79. The third-order valence-electron chi connectivity index (χ3n) is 2.31. The third-order valence-corrected chi connectivity index (χ3v) is 2.90. The Morgan fingerprint density at radius 2 is 2.06 bits per heavy atom. The molecule has 0 bridgehead atoms. The summed E-state index contributed by atoms with van der Waals surface area (Å²) in [6.45, 7) is 4.41. The van der Waals surface area contributed by atoms with E-state index in [-0.39, 0.29) is 0 Å². The molecule has 0 radical (unpaired) electrons. The Kier molecular flexibility index (Phi) is 5.09. The highest BCUT2D eigenvalue weighted by Crippen LogP contribution is 2.38. The molecular weight excluding hydrogens is 272 g/mol. The van der Waals surface area contributed by atoms with E-state index in [9.17, 15) is 5.11 Å². The molecular formula is C12H17BrO3. The van der Waals surface area contributed by atoms with Crippen molar-refractivity contribution in [3.63, 3.8) is 0 Å². The second kappa shape index (κ2) is 6.11. The molecule has 0 aliphatic rings. The van der Waals surface area contributed by atoms with E-state index < -0.39 is 6.10 Å². The lowest BCUT2D eigenvalue weighted by atomic mass is 10.1. The molecule has 0 spiro atoms. The molecule has 0 amide bonds. The van der Waals surface area contributed by atoms with Gasteiger partial charge in [-0.3, -0.25) is 0 Å². The highest BCUT2D eigenvalue weighted by atomic mass is 79.9. The molecule has 0 fully saturated rings. The highest BCUT2D eigenvalue weighted by molar-refractivity contribution is 9.10. The first-order valence-electron chi connectivity index (χ1n) is 5.32. The van der Waals surface area contributed by atoms with Crippen LogP contribution in [0.25, 0.3) is 0 Å². The minimum Gasteiger partial charge on any atom is -0.492 e. The zero-order chi connectivity index (χ0) is 12.1. The van der Waals surface area contributed by atoms with Crippen LogP contribution in [0.15, 0.2) is 16.6 Å². The minimum atomic E-state index is -0.471. The van der Waals surface area contributed by atoms with Crippen LogP contribution in [0, 0.1) is 0 Å². The summed E-state index contributed by atoms with van der Waals surface area (Å²) in [5, 5.41) is 9.79. The zero-order valence-corrected chi connectivity index (χ0v) is 11.4. The van der Waals surface area contributed by atoms with Crippen molar-refractivity contribution < 1.29 is 14.6 Å². The van der Waals surface area contributed by atoms with Gasteiger partial charge in [-0.05, 0) is 47.0 Å². The Morgan fingerprint density at radius 1 is 1.38 bits per heavy atom. The van der Waals surface area contributed by atoms with E-state index in [1.807, 2.05) is 26.0 Å². The predicted molar refractivity (Wildman–Crippen MR) is 67.1 cm³/mol. The molecule has 0 aliphatic heterocycles. The molecule has 0 aromatic heterocycles. The monoisotopic (exact) mass is 288 g/mol. The number of aliphatic hydroxyl groups is 1. The number of benzene rings is 1. The fraction of sp³-hybridized carbons (Fsp3) is 0.500. The smallest absolute Gasteiger partial charge is 0.174 e. The topological polar surface area (TPSA) is 38.7 Å². The molecule has 16 heavy (non-hydrogen) atoms. The molecule has 0 heterocycles. The number of methoxy groups -OCH3 is 1. The van der Waals surface area contributed by atoms with Crippen LogP contribution in [-0.4, -0.2) is 18.8 Å². The maximum absolute atomic E-state index is 9.79. The summed E-state index contributed by atoms with van der Waals surface area (Å²) < 4.78 is 11.5. The van der Waals surface area contributed by atoms with Gasteiger partial charge in [0.15, 0.2) is 11.5 Å². The molecule has 4 heteroatoms. The van der Waals surface area contributed by atoms with Gasteiger partial charge in [0.1, 0.15) is 0 Å². The number of halogens is 1. The molecule has 0 saturated carbocycles. The van der Waals surface area contributed by atoms with Crippen LogP contribution in [-0.2, 0) is 0 Å². The summed E-state index contributed by atoms with van der Waals surface area (Å²) in [5.74, 6) is 1.32. The largest absolute Gasteiger partial charge is 0.492 e. The predicted octanol–water partition coefficient (Wildman–Crippen LogP) is 3.30. The summed E-state index contributed by atoms with van der Waals surface area (Å²) in [4.78, 5) is 0. The Morgan fingerprint density at radius 3 is 2.56 bits per heavy atom. The van der Waals surface area contributed by atoms with Crippen molar-refractivity contribution in [3.05, 3.63) is 22.2 Å². The minimum absolute atomic E-state index is 0.471. The van der Waals surface area contributed by atoms with Gasteiger partial charge in [-0.2, -0.15) is 0 Å². The first kappa shape index (κ1) is 13.3. The standard InChI is InChI=1S/C12H17BrO3/c1-4-10(14)8-6-9(13)12(15-3)11(7-8)16-5-2/h6-7,10,14H,4-5H2,1-3H3. The Balaban J connectivity index is 3.16. The van der Waals surface area contributed by atoms with E-state index in [4.69, 9.17) is 9.47 Å². The van der Waals surface area contributed by atoms with E-state index in [0.717, 1.165) is 10.0 Å². The van der Waals surface area contributed by atoms with Crippen LogP contribution in [0.1, 0.15) is 31.9 Å². The molecule has 90 valence electrons. The first-order chi connectivity index (χ1) is 7.63. The fourth-order valence-electron chi connectivity index (χ4n) is 1.48. The lowest BCUT2D eigenvalue weighted by Crippen LogP contribution is -2.00. The number of hydrogen-bond donors (Lipinski definition) is 1. The Bertz CT molecular complexity index is 352. The van der Waals surface area contributed by atoms with E-state index in [0.29, 0.717) is 24.5 Å². The lowest BCUT2D eigenvalue weighted by Gasteiger charge is -2.15. The number of hydrogen-bond acceptors (Lipinski definition) is 3. The molecule has 0 aliphatic carbocycles. The maximum Gasteiger partial charge on any atom is 0.174 e. The van der Waals surface area contributed by atoms with Crippen LogP contribution in [0.2, 0.25) is 0 Å². The number of rotatable bonds is 5. The Labute approximate surface area is 105 Å². The highest BCUT2D eigenvalue weighted by Gasteiger charge is 2.14. The van der Waals surface area contributed by atoms with Crippen LogP contribution in [0.5, 0.6) is 11.5 Å². The normalized spacial score (nSPS) is 12.3. The van der Waals surface area contributed by atoms with Crippen molar-refractivity contribution in [3.8, 4) is 11.5 Å². The van der Waals surface area contributed by atoms with Gasteiger partial charge in [-0.1, -0.05) is 6.92 Å². The maximum atomic E-state index is 9.79. The molecule has 1 N–H and O–H groups in total. The second-order valence-corrected chi connectivity index (χ2v) is 4.25. The number of aliphatic hydroxyl groups excluding tert-OH is 1.